The maximum atomic E-state index is 17.1. The Balaban J connectivity index is 0.912. The third-order valence-corrected chi connectivity index (χ3v) is 17.4. The van der Waals surface area contributed by atoms with Crippen LogP contribution in [0, 0.1) is 17.7 Å². The molecular weight excluding hydrogens is 992 g/mol. The zero-order chi connectivity index (χ0) is 53.2. The van der Waals surface area contributed by atoms with Gasteiger partial charge >= 0.3 is 12.2 Å². The molecule has 76 heavy (non-hydrogen) atoms. The number of H-pyrrole nitrogens is 2. The van der Waals surface area contributed by atoms with Crippen molar-refractivity contribution in [2.45, 2.75) is 134 Å². The number of thiazole rings is 1. The minimum absolute atomic E-state index is 0.0238. The molecule has 8 heterocycles. The van der Waals surface area contributed by atoms with Crippen molar-refractivity contribution in [3.05, 3.63) is 94.2 Å². The van der Waals surface area contributed by atoms with Crippen molar-refractivity contribution >= 4 is 46.2 Å². The molecule has 11 rings (SSSR count). The minimum Gasteiger partial charge on any atom is -0.496 e. The number of amides is 4. The van der Waals surface area contributed by atoms with Gasteiger partial charge in [-0.15, -0.1) is 11.3 Å². The fourth-order valence-electron chi connectivity index (χ4n) is 12.3. The molecule has 1 saturated carbocycles. The first-order valence-electron chi connectivity index (χ1n) is 26.5. The van der Waals surface area contributed by atoms with Gasteiger partial charge in [-0.25, -0.2) is 28.9 Å². The number of hydrogen-bond acceptors (Lipinski definition) is 12. The third kappa shape index (κ3) is 9.35. The van der Waals surface area contributed by atoms with E-state index in [-0.39, 0.29) is 47.3 Å². The first-order valence-corrected chi connectivity index (χ1v) is 27.3. The van der Waals surface area contributed by atoms with Gasteiger partial charge in [0.15, 0.2) is 0 Å². The Morgan fingerprint density at radius 1 is 0.829 bits per heavy atom. The standard InChI is InChI=1S/C56H65FN10O8S/c1-29(2)46(63-54(70)72-6)50(68)65-18-10-12-40(65)49-59-27-38(62-49)33-23-36(57)45-42-24-34-22-32(14-15-39(34)67(42)52(75-43(45)25-33)44-28-60-53(76-44)56(5)16-8-9-17-56)37-26-58-48(61-37)41-13-11-19-66(41)51(69)47(64-55(71)73-7)35-20-30(3)74-31(4)21-35/h14-15,20,22-29,31,35,40-41,46-47,52H,8-13,16-19,21H2,1-7H3,(H,58,61)(H,59,62)(H,63,70)(H,64,71)/t31-,35?,40-,41-,46?,47?,52?/m0/s1. The molecule has 4 aromatic heterocycles. The Morgan fingerprint density at radius 3 is 2.14 bits per heavy atom. The number of halogens is 1. The summed E-state index contributed by atoms with van der Waals surface area (Å²) in [7, 11) is 2.56. The number of allylic oxidation sites excluding steroid dienone is 1. The van der Waals surface area contributed by atoms with Crippen LogP contribution < -0.4 is 15.4 Å². The highest BCUT2D eigenvalue weighted by Gasteiger charge is 2.42. The number of imidazole rings is 2. The molecule has 1 aliphatic carbocycles. The van der Waals surface area contributed by atoms with Crippen molar-refractivity contribution in [1.29, 1.82) is 0 Å². The molecule has 7 atom stereocenters. The monoisotopic (exact) mass is 1060 g/mol. The van der Waals surface area contributed by atoms with E-state index in [9.17, 15) is 19.2 Å². The Bertz CT molecular complexity index is 3240. The predicted molar refractivity (Wildman–Crippen MR) is 282 cm³/mol. The van der Waals surface area contributed by atoms with Gasteiger partial charge in [0, 0.05) is 47.1 Å². The number of nitrogens with zero attached hydrogens (tertiary/aromatic N) is 6. The number of fused-ring (bicyclic) bond motifs is 5. The second kappa shape index (κ2) is 20.4. The van der Waals surface area contributed by atoms with Gasteiger partial charge in [0.25, 0.3) is 0 Å². The molecule has 4 aliphatic heterocycles. The van der Waals surface area contributed by atoms with E-state index in [2.05, 4.69) is 38.2 Å². The number of ether oxygens (including phenoxy) is 4. The normalized spacial score (nSPS) is 22.6. The molecule has 0 spiro atoms. The molecule has 2 aromatic carbocycles. The Morgan fingerprint density at radius 2 is 1.49 bits per heavy atom. The summed E-state index contributed by atoms with van der Waals surface area (Å²) in [6.07, 6.45) is 13.0. The van der Waals surface area contributed by atoms with E-state index in [0.717, 1.165) is 70.6 Å². The van der Waals surface area contributed by atoms with Crippen LogP contribution in [0.3, 0.4) is 0 Å². The van der Waals surface area contributed by atoms with Gasteiger partial charge in [-0.1, -0.05) is 39.7 Å². The van der Waals surface area contributed by atoms with Crippen molar-refractivity contribution in [2.24, 2.45) is 11.8 Å². The quantitative estimate of drug-likeness (QED) is 0.0906. The molecule has 400 valence electrons. The zero-order valence-corrected chi connectivity index (χ0v) is 44.7. The van der Waals surface area contributed by atoms with E-state index in [0.29, 0.717) is 78.0 Å². The van der Waals surface area contributed by atoms with E-state index in [1.54, 1.807) is 33.5 Å². The van der Waals surface area contributed by atoms with Crippen LogP contribution in [0.2, 0.25) is 0 Å². The second-order valence-electron chi connectivity index (χ2n) is 21.6. The number of carbonyl (C=O) groups excluding carboxylic acids is 4. The number of benzene rings is 2. The molecule has 2 saturated heterocycles. The van der Waals surface area contributed by atoms with E-state index in [1.807, 2.05) is 64.2 Å². The van der Waals surface area contributed by atoms with Gasteiger partial charge in [-0.2, -0.15) is 0 Å². The lowest BCUT2D eigenvalue weighted by Crippen LogP contribution is -2.52. The van der Waals surface area contributed by atoms with Gasteiger partial charge in [-0.3, -0.25) is 14.2 Å². The largest absolute Gasteiger partial charge is 0.496 e. The summed E-state index contributed by atoms with van der Waals surface area (Å²) in [5.41, 5.74) is 4.51. The number of nitrogens with one attached hydrogen (secondary N) is 4. The van der Waals surface area contributed by atoms with Crippen LogP contribution in [0.4, 0.5) is 14.0 Å². The Labute approximate surface area is 444 Å². The fraction of sp³-hybridized carbons (Fsp3) is 0.482. The molecule has 0 bridgehead atoms. The molecule has 0 radical (unpaired) electrons. The summed E-state index contributed by atoms with van der Waals surface area (Å²) in [6.45, 7) is 10.9. The van der Waals surface area contributed by atoms with Crippen molar-refractivity contribution in [2.75, 3.05) is 27.3 Å². The lowest BCUT2D eigenvalue weighted by Gasteiger charge is -2.34. The van der Waals surface area contributed by atoms with Crippen molar-refractivity contribution in [3.63, 3.8) is 0 Å². The van der Waals surface area contributed by atoms with Gasteiger partial charge in [0.1, 0.15) is 35.3 Å². The summed E-state index contributed by atoms with van der Waals surface area (Å²) in [6, 6.07) is 9.10. The SMILES string of the molecule is COC(=O)NC(C(=O)N1CCC[C@H]1c1ncc(-c2cc(F)c3c(c2)OC(c2cnc(C4(C)CCCC4)s2)n2c-3cc3cc(-c4cnc([C@@H]5CCCN5C(=O)C(NC(=O)OC)C5C=C(C)O[C@@H](C)C5)[nH]4)ccc32)[nH]1)C(C)C. The molecule has 18 nitrogen and oxygen atoms in total. The van der Waals surface area contributed by atoms with Gasteiger partial charge in [-0.05, 0) is 101 Å². The van der Waals surface area contributed by atoms with Crippen molar-refractivity contribution in [3.8, 4) is 39.5 Å². The first-order chi connectivity index (χ1) is 36.6. The Kier molecular flexibility index (Phi) is 13.7. The third-order valence-electron chi connectivity index (χ3n) is 16.1. The fourth-order valence-corrected chi connectivity index (χ4v) is 13.4. The summed E-state index contributed by atoms with van der Waals surface area (Å²) in [4.78, 5) is 79.1. The summed E-state index contributed by atoms with van der Waals surface area (Å²) in [5, 5.41) is 7.45. The minimum atomic E-state index is -0.850. The van der Waals surface area contributed by atoms with Crippen molar-refractivity contribution in [1.82, 2.24) is 49.9 Å². The Hall–Kier alpha value is -7.22. The van der Waals surface area contributed by atoms with Crippen LogP contribution >= 0.6 is 11.3 Å². The van der Waals surface area contributed by atoms with E-state index in [4.69, 9.17) is 33.9 Å². The molecule has 4 N–H and O–H groups in total. The van der Waals surface area contributed by atoms with Crippen LogP contribution in [0.15, 0.2) is 66.8 Å². The number of methoxy groups -OCH3 is 2. The zero-order valence-electron chi connectivity index (χ0n) is 43.9. The maximum absolute atomic E-state index is 17.1. The summed E-state index contributed by atoms with van der Waals surface area (Å²) in [5.74, 6) is 0.921. The van der Waals surface area contributed by atoms with Gasteiger partial charge in [0.2, 0.25) is 18.0 Å². The average molecular weight is 1060 g/mol. The smallest absolute Gasteiger partial charge is 0.407 e. The number of alkyl carbamates (subject to hydrolysis) is 2. The highest BCUT2D eigenvalue weighted by molar-refractivity contribution is 7.11. The molecule has 6 aromatic rings. The number of rotatable bonds is 12. The topological polar surface area (TPSA) is 211 Å². The van der Waals surface area contributed by atoms with Crippen LogP contribution in [0.1, 0.15) is 132 Å². The second-order valence-corrected chi connectivity index (χ2v) is 22.7. The molecule has 4 unspecified atom stereocenters. The molecule has 5 aliphatic rings. The number of carbonyl (C=O) groups is 4. The van der Waals surface area contributed by atoms with Crippen LogP contribution in [0.5, 0.6) is 5.75 Å². The average Bonchev–Trinajstić information content (AvgIpc) is 4.29. The maximum Gasteiger partial charge on any atom is 0.407 e. The first kappa shape index (κ1) is 50.9. The molecular formula is C56H65FN10O8S. The van der Waals surface area contributed by atoms with Crippen LogP contribution in [0.25, 0.3) is 44.7 Å². The predicted octanol–water partition coefficient (Wildman–Crippen LogP) is 10.2. The van der Waals surface area contributed by atoms with E-state index >= 15 is 4.39 Å². The highest BCUT2D eigenvalue weighted by atomic mass is 32.1. The van der Waals surface area contributed by atoms with E-state index < -0.39 is 36.3 Å². The summed E-state index contributed by atoms with van der Waals surface area (Å²) >= 11 is 1.64. The van der Waals surface area contributed by atoms with Gasteiger partial charge < -0.3 is 49.3 Å². The lowest BCUT2D eigenvalue weighted by molar-refractivity contribution is -0.136. The number of aromatic amines is 2. The van der Waals surface area contributed by atoms with Gasteiger partial charge in [0.05, 0.1) is 88.6 Å². The number of hydrogen-bond donors (Lipinski definition) is 4. The molecule has 3 fully saturated rings. The lowest BCUT2D eigenvalue weighted by atomic mass is 9.90. The number of likely N-dealkylation sites (tertiary alicyclic amines) is 2. The van der Waals surface area contributed by atoms with Crippen molar-refractivity contribution < 1.29 is 42.5 Å². The highest BCUT2D eigenvalue weighted by Crippen LogP contribution is 2.50. The van der Waals surface area contributed by atoms with Crippen LogP contribution in [-0.4, -0.2) is 109 Å². The van der Waals surface area contributed by atoms with E-state index in [1.165, 1.54) is 20.3 Å². The molecule has 4 amide bonds. The number of aromatic nitrogens is 6. The summed E-state index contributed by atoms with van der Waals surface area (Å²) < 4.78 is 41.8. The van der Waals surface area contributed by atoms with Crippen LogP contribution in [-0.2, 0) is 29.2 Å². The molecule has 20 heteroatoms.